The summed E-state index contributed by atoms with van der Waals surface area (Å²) in [6, 6.07) is 0. The first-order chi connectivity index (χ1) is 27.4. The van der Waals surface area contributed by atoms with Crippen molar-refractivity contribution in [2.75, 3.05) is 66.5 Å². The number of nitrogens with zero attached hydrogens (tertiary/aromatic N) is 4. The van der Waals surface area contributed by atoms with Gasteiger partial charge in [0.25, 0.3) is 0 Å². The highest BCUT2D eigenvalue weighted by Gasteiger charge is 2.13. The maximum Gasteiger partial charge on any atom is 0.325 e. The van der Waals surface area contributed by atoms with Crippen molar-refractivity contribution in [3.05, 3.63) is 0 Å². The van der Waals surface area contributed by atoms with Gasteiger partial charge in [0.2, 0.25) is 0 Å². The molecule has 0 aliphatic rings. The van der Waals surface area contributed by atoms with E-state index >= 15 is 0 Å². The lowest BCUT2D eigenvalue weighted by Crippen LogP contribution is -2.33. The van der Waals surface area contributed by atoms with Crippen LogP contribution in [0.1, 0.15) is 233 Å². The van der Waals surface area contributed by atoms with Crippen LogP contribution in [0.15, 0.2) is 0 Å². The minimum absolute atomic E-state index is 0.0359. The molecule has 0 aromatic carbocycles. The topological polar surface area (TPSA) is 65.6 Å². The predicted octanol–water partition coefficient (Wildman–Crippen LogP) is 12.9. The molecule has 8 nitrogen and oxygen atoms in total. The number of unbranched alkanes of at least 4 members (excludes halogenated alkanes) is 24. The average Bonchev–Trinajstić information content (AvgIpc) is 3.18. The van der Waals surface area contributed by atoms with Gasteiger partial charge in [-0.15, -0.1) is 10.1 Å². The van der Waals surface area contributed by atoms with E-state index in [9.17, 15) is 9.59 Å². The fourth-order valence-corrected chi connectivity index (χ4v) is 7.30. The van der Waals surface area contributed by atoms with Crippen LogP contribution in [-0.4, -0.2) is 98.3 Å². The largest absolute Gasteiger partial charge is 0.368 e. The Kier molecular flexibility index (Phi) is 42.4. The van der Waals surface area contributed by atoms with Gasteiger partial charge in [0.05, 0.1) is 0 Å². The summed E-state index contributed by atoms with van der Waals surface area (Å²) in [4.78, 5) is 41.7. The van der Waals surface area contributed by atoms with Gasteiger partial charge < -0.3 is 19.5 Å². The Morgan fingerprint density at radius 3 is 0.893 bits per heavy atom. The number of rotatable bonds is 45. The van der Waals surface area contributed by atoms with Crippen LogP contribution in [0.25, 0.3) is 0 Å². The molecule has 0 amide bonds. The third-order valence-electron chi connectivity index (χ3n) is 11.1. The standard InChI is InChI=1S/C48H98N4O4/c1-7-11-15-33-41-51(42-34-16-12-8-2)55-47(53)37-29-25-21-19-23-27-31-39-50(46-45-49(5)6)40-32-28-24-20-22-26-30-38-48(54)56-52(43-35-17-13-9-3)44-36-18-14-10-4/h7-46H2,1-6H3. The van der Waals surface area contributed by atoms with Crippen molar-refractivity contribution in [1.82, 2.24) is 19.9 Å². The van der Waals surface area contributed by atoms with Gasteiger partial charge in [-0.05, 0) is 78.6 Å². The zero-order valence-electron chi connectivity index (χ0n) is 38.7. The van der Waals surface area contributed by atoms with Crippen molar-refractivity contribution >= 4 is 11.9 Å². The number of carbonyl (C=O) groups excluding carboxylic acids is 2. The molecular formula is C48H98N4O4. The monoisotopic (exact) mass is 795 g/mol. The molecule has 0 heterocycles. The van der Waals surface area contributed by atoms with Crippen molar-refractivity contribution in [2.45, 2.75) is 233 Å². The summed E-state index contributed by atoms with van der Waals surface area (Å²) in [7, 11) is 4.35. The van der Waals surface area contributed by atoms with Crippen LogP contribution in [0.3, 0.4) is 0 Å². The second kappa shape index (κ2) is 43.4. The summed E-state index contributed by atoms with van der Waals surface area (Å²) in [5, 5.41) is 3.92. The van der Waals surface area contributed by atoms with Crippen molar-refractivity contribution in [3.8, 4) is 0 Å². The van der Waals surface area contributed by atoms with Gasteiger partial charge in [0.15, 0.2) is 0 Å². The number of hydrogen-bond donors (Lipinski definition) is 0. The normalized spacial score (nSPS) is 11.8. The van der Waals surface area contributed by atoms with Crippen LogP contribution >= 0.6 is 0 Å². The van der Waals surface area contributed by atoms with Crippen LogP contribution in [0.4, 0.5) is 0 Å². The summed E-state index contributed by atoms with van der Waals surface area (Å²) in [5.74, 6) is -0.0717. The molecule has 56 heavy (non-hydrogen) atoms. The quantitative estimate of drug-likeness (QED) is 0.0446. The van der Waals surface area contributed by atoms with Crippen molar-refractivity contribution in [3.63, 3.8) is 0 Å². The summed E-state index contributed by atoms with van der Waals surface area (Å²) in [6.45, 7) is 17.2. The molecule has 0 unspecified atom stereocenters. The predicted molar refractivity (Wildman–Crippen MR) is 241 cm³/mol. The third-order valence-corrected chi connectivity index (χ3v) is 11.1. The smallest absolute Gasteiger partial charge is 0.325 e. The Morgan fingerprint density at radius 1 is 0.321 bits per heavy atom. The number of hydrogen-bond acceptors (Lipinski definition) is 8. The summed E-state index contributed by atoms with van der Waals surface area (Å²) >= 11 is 0. The van der Waals surface area contributed by atoms with Crippen molar-refractivity contribution in [2.24, 2.45) is 0 Å². The minimum atomic E-state index is -0.0359. The summed E-state index contributed by atoms with van der Waals surface area (Å²) < 4.78 is 0. The second-order valence-corrected chi connectivity index (χ2v) is 17.1. The molecule has 0 fully saturated rings. The minimum Gasteiger partial charge on any atom is -0.368 e. The summed E-state index contributed by atoms with van der Waals surface area (Å²) in [5.41, 5.74) is 0. The lowest BCUT2D eigenvalue weighted by Gasteiger charge is -2.24. The van der Waals surface area contributed by atoms with Crippen LogP contribution in [0.5, 0.6) is 0 Å². The number of likely N-dealkylation sites (N-methyl/N-ethyl adjacent to an activating group) is 1. The summed E-state index contributed by atoms with van der Waals surface area (Å²) in [6.07, 6.45) is 37.3. The first-order valence-electron chi connectivity index (χ1n) is 24.6. The Labute approximate surface area is 349 Å². The number of carbonyl (C=O) groups is 2. The molecule has 0 aromatic heterocycles. The maximum atomic E-state index is 12.6. The van der Waals surface area contributed by atoms with Crippen LogP contribution in [0.2, 0.25) is 0 Å². The molecule has 0 bridgehead atoms. The molecule has 0 rings (SSSR count). The van der Waals surface area contributed by atoms with E-state index in [-0.39, 0.29) is 11.9 Å². The average molecular weight is 795 g/mol. The van der Waals surface area contributed by atoms with Crippen LogP contribution < -0.4 is 0 Å². The van der Waals surface area contributed by atoms with Crippen LogP contribution in [0, 0.1) is 0 Å². The Hall–Kier alpha value is -1.22. The van der Waals surface area contributed by atoms with Crippen molar-refractivity contribution in [1.29, 1.82) is 0 Å². The van der Waals surface area contributed by atoms with E-state index in [0.717, 1.165) is 90.6 Å². The van der Waals surface area contributed by atoms with E-state index < -0.39 is 0 Å². The SMILES string of the molecule is CCCCCCN(CCCCCC)OC(=O)CCCCCCCCCN(CCCCCCCCCC(=O)ON(CCCCCC)CCCCCC)CCN(C)C. The molecule has 0 aliphatic heterocycles. The van der Waals surface area contributed by atoms with E-state index in [1.165, 1.54) is 154 Å². The van der Waals surface area contributed by atoms with Gasteiger partial charge in [-0.1, -0.05) is 169 Å². The molecule has 0 radical (unpaired) electrons. The van der Waals surface area contributed by atoms with E-state index in [4.69, 9.17) is 9.68 Å². The molecule has 0 atom stereocenters. The fourth-order valence-electron chi connectivity index (χ4n) is 7.30. The number of hydroxylamine groups is 4. The Morgan fingerprint density at radius 2 is 0.589 bits per heavy atom. The van der Waals surface area contributed by atoms with E-state index in [2.05, 4.69) is 51.6 Å². The Balaban J connectivity index is 4.10. The highest BCUT2D eigenvalue weighted by Crippen LogP contribution is 2.14. The lowest BCUT2D eigenvalue weighted by atomic mass is 10.1. The highest BCUT2D eigenvalue weighted by atomic mass is 16.7. The van der Waals surface area contributed by atoms with Gasteiger partial charge in [0.1, 0.15) is 0 Å². The van der Waals surface area contributed by atoms with E-state index in [1.807, 2.05) is 10.1 Å². The van der Waals surface area contributed by atoms with Crippen LogP contribution in [-0.2, 0) is 19.3 Å². The molecular weight excluding hydrogens is 697 g/mol. The zero-order valence-corrected chi connectivity index (χ0v) is 38.7. The van der Waals surface area contributed by atoms with E-state index in [1.54, 1.807) is 0 Å². The molecule has 0 spiro atoms. The Bertz CT molecular complexity index is 745. The molecule has 0 saturated heterocycles. The molecule has 334 valence electrons. The van der Waals surface area contributed by atoms with Gasteiger partial charge in [-0.2, -0.15) is 0 Å². The van der Waals surface area contributed by atoms with Crippen molar-refractivity contribution < 1.29 is 19.3 Å². The van der Waals surface area contributed by atoms with E-state index in [0.29, 0.717) is 12.8 Å². The van der Waals surface area contributed by atoms with Gasteiger partial charge in [-0.3, -0.25) is 9.59 Å². The van der Waals surface area contributed by atoms with Gasteiger partial charge in [0, 0.05) is 52.1 Å². The first-order valence-corrected chi connectivity index (χ1v) is 24.6. The molecule has 0 aromatic rings. The second-order valence-electron chi connectivity index (χ2n) is 17.1. The van der Waals surface area contributed by atoms with Gasteiger partial charge >= 0.3 is 11.9 Å². The van der Waals surface area contributed by atoms with Gasteiger partial charge in [-0.25, -0.2) is 0 Å². The molecule has 0 aliphatic carbocycles. The fraction of sp³-hybridized carbons (Fsp3) is 0.958. The highest BCUT2D eigenvalue weighted by molar-refractivity contribution is 5.69. The maximum absolute atomic E-state index is 12.6. The third kappa shape index (κ3) is 39.6. The molecule has 8 heteroatoms. The lowest BCUT2D eigenvalue weighted by molar-refractivity contribution is -0.192. The molecule has 0 saturated carbocycles. The molecule has 0 N–H and O–H groups in total. The first kappa shape index (κ1) is 54.8. The zero-order chi connectivity index (χ0) is 41.2.